The van der Waals surface area contributed by atoms with E-state index in [2.05, 4.69) is 15.3 Å². The number of halogens is 1. The number of hydrogen-bond donors (Lipinski definition) is 1. The third-order valence-corrected chi connectivity index (χ3v) is 2.94. The molecule has 0 aliphatic rings. The number of likely N-dealkylation sites (N-methyl/N-ethyl adjacent to an activating group) is 2. The van der Waals surface area contributed by atoms with Gasteiger partial charge >= 0.3 is 0 Å². The summed E-state index contributed by atoms with van der Waals surface area (Å²) < 4.78 is 0. The number of amides is 1. The van der Waals surface area contributed by atoms with Crippen LogP contribution >= 0.6 is 11.6 Å². The Kier molecular flexibility index (Phi) is 5.85. The van der Waals surface area contributed by atoms with Crippen LogP contribution in [0.4, 0.5) is 5.82 Å². The van der Waals surface area contributed by atoms with Crippen molar-refractivity contribution in [3.63, 3.8) is 0 Å². The van der Waals surface area contributed by atoms with Gasteiger partial charge in [0.1, 0.15) is 17.3 Å². The minimum atomic E-state index is -0.0175. The quantitative estimate of drug-likeness (QED) is 0.799. The monoisotopic (exact) mass is 270 g/mol. The van der Waals surface area contributed by atoms with Crippen molar-refractivity contribution in [3.05, 3.63) is 17.0 Å². The second-order valence-electron chi connectivity index (χ2n) is 3.79. The molecule has 1 rings (SSSR count). The normalized spacial score (nSPS) is 10.2. The molecule has 1 amide bonds. The van der Waals surface area contributed by atoms with Crippen LogP contribution in [0.5, 0.6) is 0 Å². The molecule has 1 aromatic heterocycles. The molecule has 0 fully saturated rings. The van der Waals surface area contributed by atoms with Crippen molar-refractivity contribution in [1.29, 1.82) is 0 Å². The van der Waals surface area contributed by atoms with Crippen molar-refractivity contribution in [2.75, 3.05) is 24.5 Å². The van der Waals surface area contributed by atoms with Crippen LogP contribution in [0.1, 0.15) is 26.3 Å². The summed E-state index contributed by atoms with van der Waals surface area (Å²) in [6, 6.07) is 0. The zero-order valence-electron chi connectivity index (χ0n) is 11.0. The van der Waals surface area contributed by atoms with E-state index >= 15 is 0 Å². The van der Waals surface area contributed by atoms with E-state index in [-0.39, 0.29) is 12.5 Å². The molecule has 18 heavy (non-hydrogen) atoms. The van der Waals surface area contributed by atoms with E-state index in [9.17, 15) is 4.79 Å². The molecule has 1 aromatic rings. The van der Waals surface area contributed by atoms with Gasteiger partial charge in [-0.15, -0.1) is 0 Å². The zero-order valence-corrected chi connectivity index (χ0v) is 11.8. The van der Waals surface area contributed by atoms with Crippen LogP contribution in [-0.4, -0.2) is 35.5 Å². The van der Waals surface area contributed by atoms with Gasteiger partial charge in [0.2, 0.25) is 5.91 Å². The smallest absolute Gasteiger partial charge is 0.239 e. The van der Waals surface area contributed by atoms with Gasteiger partial charge in [-0.3, -0.25) is 4.79 Å². The van der Waals surface area contributed by atoms with Gasteiger partial charge in [0.15, 0.2) is 0 Å². The Bertz CT molecular complexity index is 411. The van der Waals surface area contributed by atoms with Gasteiger partial charge in [0.25, 0.3) is 0 Å². The average molecular weight is 271 g/mol. The van der Waals surface area contributed by atoms with Crippen molar-refractivity contribution >= 4 is 23.3 Å². The molecule has 0 unspecified atom stereocenters. The number of anilines is 1. The summed E-state index contributed by atoms with van der Waals surface area (Å²) in [7, 11) is 0. The Labute approximate surface area is 113 Å². The predicted octanol–water partition coefficient (Wildman–Crippen LogP) is 1.65. The first kappa shape index (κ1) is 14.7. The summed E-state index contributed by atoms with van der Waals surface area (Å²) >= 11 is 6.05. The number of rotatable bonds is 6. The van der Waals surface area contributed by atoms with Gasteiger partial charge in [0, 0.05) is 18.7 Å². The number of carbonyl (C=O) groups excluding carboxylic acids is 1. The molecule has 0 atom stereocenters. The van der Waals surface area contributed by atoms with Crippen LogP contribution in [0.2, 0.25) is 5.15 Å². The molecule has 0 bridgehead atoms. The fraction of sp³-hybridized carbons (Fsp3) is 0.583. The highest BCUT2D eigenvalue weighted by molar-refractivity contribution is 6.30. The van der Waals surface area contributed by atoms with Gasteiger partial charge in [-0.25, -0.2) is 9.97 Å². The number of nitrogens with one attached hydrogen (secondary N) is 1. The molecule has 0 radical (unpaired) electrons. The van der Waals surface area contributed by atoms with Crippen LogP contribution in [0.15, 0.2) is 6.33 Å². The lowest BCUT2D eigenvalue weighted by Gasteiger charge is -2.23. The summed E-state index contributed by atoms with van der Waals surface area (Å²) in [5.41, 5.74) is 0.880. The Balaban J connectivity index is 2.94. The second kappa shape index (κ2) is 7.16. The minimum absolute atomic E-state index is 0.0175. The molecule has 1 heterocycles. The van der Waals surface area contributed by atoms with E-state index in [1.54, 1.807) is 0 Å². The molecule has 0 saturated carbocycles. The van der Waals surface area contributed by atoms with Crippen molar-refractivity contribution < 1.29 is 4.79 Å². The average Bonchev–Trinajstić information content (AvgIpc) is 2.36. The first-order valence-corrected chi connectivity index (χ1v) is 6.52. The summed E-state index contributed by atoms with van der Waals surface area (Å²) in [6.45, 7) is 7.47. The molecular weight excluding hydrogens is 252 g/mol. The summed E-state index contributed by atoms with van der Waals surface area (Å²) in [5.74, 6) is 0.724. The first-order chi connectivity index (χ1) is 8.63. The van der Waals surface area contributed by atoms with E-state index in [0.717, 1.165) is 17.8 Å². The maximum Gasteiger partial charge on any atom is 0.239 e. The van der Waals surface area contributed by atoms with Gasteiger partial charge in [-0.05, 0) is 20.3 Å². The molecule has 0 spiro atoms. The Morgan fingerprint density at radius 1 is 1.39 bits per heavy atom. The van der Waals surface area contributed by atoms with Gasteiger partial charge in [0.05, 0.1) is 6.54 Å². The van der Waals surface area contributed by atoms with Gasteiger partial charge in [-0.1, -0.05) is 18.5 Å². The highest BCUT2D eigenvalue weighted by atomic mass is 35.5. The number of aromatic nitrogens is 2. The number of carbonyl (C=O) groups is 1. The van der Waals surface area contributed by atoms with Crippen LogP contribution < -0.4 is 10.2 Å². The fourth-order valence-corrected chi connectivity index (χ4v) is 1.98. The fourth-order valence-electron chi connectivity index (χ4n) is 1.72. The molecule has 0 aromatic carbocycles. The minimum Gasteiger partial charge on any atom is -0.355 e. The van der Waals surface area contributed by atoms with E-state index < -0.39 is 0 Å². The van der Waals surface area contributed by atoms with E-state index in [1.807, 2.05) is 25.7 Å². The largest absolute Gasteiger partial charge is 0.355 e. The molecule has 0 aliphatic carbocycles. The summed E-state index contributed by atoms with van der Waals surface area (Å²) in [5, 5.41) is 3.23. The molecule has 1 N–H and O–H groups in total. The van der Waals surface area contributed by atoms with Crippen LogP contribution in [0.3, 0.4) is 0 Å². The van der Waals surface area contributed by atoms with E-state index in [4.69, 9.17) is 11.6 Å². The van der Waals surface area contributed by atoms with Gasteiger partial charge < -0.3 is 10.2 Å². The molecule has 6 heteroatoms. The first-order valence-electron chi connectivity index (χ1n) is 6.14. The van der Waals surface area contributed by atoms with Crippen LogP contribution in [-0.2, 0) is 11.2 Å². The molecule has 5 nitrogen and oxygen atoms in total. The SMILES string of the molecule is CCNC(=O)CN(CC)c1ncnc(Cl)c1CC. The molecule has 100 valence electrons. The van der Waals surface area contributed by atoms with Crippen molar-refractivity contribution in [2.24, 2.45) is 0 Å². The highest BCUT2D eigenvalue weighted by Gasteiger charge is 2.16. The number of nitrogens with zero attached hydrogens (tertiary/aromatic N) is 3. The molecule has 0 saturated heterocycles. The van der Waals surface area contributed by atoms with Crippen molar-refractivity contribution in [1.82, 2.24) is 15.3 Å². The van der Waals surface area contributed by atoms with Crippen LogP contribution in [0.25, 0.3) is 0 Å². The lowest BCUT2D eigenvalue weighted by atomic mass is 10.2. The third-order valence-electron chi connectivity index (χ3n) is 2.61. The predicted molar refractivity (Wildman–Crippen MR) is 73.0 cm³/mol. The Morgan fingerprint density at radius 2 is 2.11 bits per heavy atom. The second-order valence-corrected chi connectivity index (χ2v) is 4.15. The summed E-state index contributed by atoms with van der Waals surface area (Å²) in [4.78, 5) is 21.8. The Morgan fingerprint density at radius 3 is 2.67 bits per heavy atom. The molecular formula is C12H19ClN4O. The maximum absolute atomic E-state index is 11.6. The standard InChI is InChI=1S/C12H19ClN4O/c1-4-9-11(13)15-8-16-12(9)17(6-3)7-10(18)14-5-2/h8H,4-7H2,1-3H3,(H,14,18). The molecule has 0 aliphatic heterocycles. The third kappa shape index (κ3) is 3.57. The van der Waals surface area contributed by atoms with Crippen LogP contribution in [0, 0.1) is 0 Å². The number of hydrogen-bond acceptors (Lipinski definition) is 4. The van der Waals surface area contributed by atoms with E-state index in [0.29, 0.717) is 18.2 Å². The summed E-state index contributed by atoms with van der Waals surface area (Å²) in [6.07, 6.45) is 2.16. The topological polar surface area (TPSA) is 58.1 Å². The van der Waals surface area contributed by atoms with Gasteiger partial charge in [-0.2, -0.15) is 0 Å². The lowest BCUT2D eigenvalue weighted by Crippen LogP contribution is -2.38. The van der Waals surface area contributed by atoms with E-state index in [1.165, 1.54) is 6.33 Å². The highest BCUT2D eigenvalue weighted by Crippen LogP contribution is 2.23. The maximum atomic E-state index is 11.6. The Hall–Kier alpha value is -1.36. The van der Waals surface area contributed by atoms with Crippen molar-refractivity contribution in [3.8, 4) is 0 Å². The zero-order chi connectivity index (χ0) is 13.5. The lowest BCUT2D eigenvalue weighted by molar-refractivity contribution is -0.119. The van der Waals surface area contributed by atoms with Crippen molar-refractivity contribution in [2.45, 2.75) is 27.2 Å².